The van der Waals surface area contributed by atoms with E-state index in [0.717, 1.165) is 17.7 Å². The topological polar surface area (TPSA) is 159 Å². The number of anilines is 2. The molecule has 2 aliphatic heterocycles. The first-order valence-corrected chi connectivity index (χ1v) is 16.4. The third-order valence-electron chi connectivity index (χ3n) is 9.68. The molecule has 0 amide bonds. The average molecular weight is 691 g/mol. The zero-order valence-corrected chi connectivity index (χ0v) is 28.8. The Bertz CT molecular complexity index is 2310. The van der Waals surface area contributed by atoms with Gasteiger partial charge in [0.1, 0.15) is 46.0 Å². The Morgan fingerprint density at radius 3 is 1.92 bits per heavy atom. The van der Waals surface area contributed by atoms with Crippen molar-refractivity contribution in [2.45, 2.75) is 64.7 Å². The normalized spacial score (nSPS) is 19.6. The van der Waals surface area contributed by atoms with Crippen LogP contribution in [-0.2, 0) is 17.3 Å². The highest BCUT2D eigenvalue weighted by atomic mass is 19.4. The van der Waals surface area contributed by atoms with Crippen LogP contribution < -0.4 is 22.1 Å². The Labute approximate surface area is 293 Å². The molecule has 6 N–H and O–H groups in total. The van der Waals surface area contributed by atoms with E-state index in [-0.39, 0.29) is 11.4 Å². The lowest BCUT2D eigenvalue weighted by Crippen LogP contribution is -2.43. The minimum absolute atomic E-state index is 0.0900. The summed E-state index contributed by atoms with van der Waals surface area (Å²) in [6.07, 6.45) is 0.137. The van der Waals surface area contributed by atoms with Gasteiger partial charge in [0.15, 0.2) is 0 Å². The lowest BCUT2D eigenvalue weighted by Gasteiger charge is -2.40. The molecular weight excluding hydrogens is 653 g/mol. The number of aryl methyl sites for hydroxylation is 3. The second kappa shape index (κ2) is 12.6. The highest BCUT2D eigenvalue weighted by Crippen LogP contribution is 2.47. The number of hydrogen-bond donors (Lipinski definition) is 4. The number of nitrogens with one attached hydrogen (secondary N) is 2. The molecule has 260 valence electrons. The van der Waals surface area contributed by atoms with E-state index in [2.05, 4.69) is 71.7 Å². The summed E-state index contributed by atoms with van der Waals surface area (Å²) in [5, 5.41) is 25.6. The molecule has 0 bridgehead atoms. The molecule has 2 aliphatic rings. The first-order chi connectivity index (χ1) is 24.2. The maximum atomic E-state index is 13.6. The molecule has 2 atom stereocenters. The van der Waals surface area contributed by atoms with E-state index in [0.29, 0.717) is 58.3 Å². The van der Waals surface area contributed by atoms with Gasteiger partial charge in [-0.25, -0.2) is 9.97 Å². The van der Waals surface area contributed by atoms with Crippen LogP contribution in [0.4, 0.5) is 25.1 Å². The Morgan fingerprint density at radius 1 is 0.784 bits per heavy atom. The molecule has 2 aromatic heterocycles. The largest absolute Gasteiger partial charge is 0.416 e. The van der Waals surface area contributed by atoms with Crippen molar-refractivity contribution in [3.8, 4) is 12.1 Å². The molecule has 0 radical (unpaired) electrons. The molecule has 0 saturated heterocycles. The first kappa shape index (κ1) is 34.6. The Hall–Kier alpha value is -6.21. The van der Waals surface area contributed by atoms with E-state index >= 15 is 0 Å². The molecule has 0 aliphatic carbocycles. The third kappa shape index (κ3) is 5.42. The van der Waals surface area contributed by atoms with Gasteiger partial charge in [0.25, 0.3) is 0 Å². The Balaban J connectivity index is 0.000000183. The molecule has 51 heavy (non-hydrogen) atoms. The summed E-state index contributed by atoms with van der Waals surface area (Å²) in [5.41, 5.74) is 15.9. The lowest BCUT2D eigenvalue weighted by molar-refractivity contribution is -0.137. The number of nitriles is 2. The number of benzene rings is 3. The number of allylic oxidation sites excluding steroid dienone is 2. The third-order valence-corrected chi connectivity index (χ3v) is 9.68. The van der Waals surface area contributed by atoms with Gasteiger partial charge in [-0.3, -0.25) is 4.57 Å². The summed E-state index contributed by atoms with van der Waals surface area (Å²) in [7, 11) is 0. The van der Waals surface area contributed by atoms with Crippen molar-refractivity contribution in [1.29, 1.82) is 10.5 Å². The van der Waals surface area contributed by atoms with Gasteiger partial charge in [0, 0.05) is 12.4 Å². The zero-order chi connectivity index (χ0) is 36.9. The number of nitrogens with two attached hydrogens (primary N) is 2. The summed E-state index contributed by atoms with van der Waals surface area (Å²) >= 11 is 0. The molecule has 3 aromatic carbocycles. The fourth-order valence-corrected chi connectivity index (χ4v) is 7.60. The SMILES string of the molecule is CCC1(c2cc(C)cc(C(F)(F)F)c2)C(C#N)=C(N)Nc2nc3ccccc3n21.CCC1(c2cc(C)cc(C)c2)C(C#N)=C(N)Nc2nccn21. The van der Waals surface area contributed by atoms with Crippen LogP contribution >= 0.6 is 0 Å². The fourth-order valence-electron chi connectivity index (χ4n) is 7.60. The predicted octanol–water partition coefficient (Wildman–Crippen LogP) is 7.41. The molecule has 4 heterocycles. The van der Waals surface area contributed by atoms with E-state index in [1.54, 1.807) is 23.8 Å². The molecule has 5 aromatic rings. The molecule has 0 spiro atoms. The monoisotopic (exact) mass is 690 g/mol. The number of nitrogens with zero attached hydrogens (tertiary/aromatic N) is 6. The van der Waals surface area contributed by atoms with Crippen molar-refractivity contribution in [2.75, 3.05) is 10.6 Å². The predicted molar refractivity (Wildman–Crippen MR) is 190 cm³/mol. The van der Waals surface area contributed by atoms with Crippen LogP contribution in [0.1, 0.15) is 60.1 Å². The van der Waals surface area contributed by atoms with Crippen LogP contribution in [0.15, 0.2) is 95.8 Å². The van der Waals surface area contributed by atoms with Gasteiger partial charge < -0.3 is 26.7 Å². The zero-order valence-electron chi connectivity index (χ0n) is 28.8. The summed E-state index contributed by atoms with van der Waals surface area (Å²) in [5.74, 6) is 1.52. The molecule has 0 fully saturated rings. The van der Waals surface area contributed by atoms with E-state index in [9.17, 15) is 23.7 Å². The number of alkyl halides is 3. The molecule has 10 nitrogen and oxygen atoms in total. The van der Waals surface area contributed by atoms with E-state index in [4.69, 9.17) is 11.5 Å². The lowest BCUT2D eigenvalue weighted by atomic mass is 9.78. The number of para-hydroxylation sites is 2. The average Bonchev–Trinajstić information content (AvgIpc) is 3.70. The van der Waals surface area contributed by atoms with Crippen molar-refractivity contribution in [3.05, 3.63) is 129 Å². The summed E-state index contributed by atoms with van der Waals surface area (Å²) in [6.45, 7) is 9.63. The van der Waals surface area contributed by atoms with Crippen LogP contribution in [-0.4, -0.2) is 19.1 Å². The van der Waals surface area contributed by atoms with Gasteiger partial charge in [-0.15, -0.1) is 0 Å². The van der Waals surface area contributed by atoms with Crippen molar-refractivity contribution >= 4 is 22.9 Å². The second-order valence-electron chi connectivity index (χ2n) is 12.8. The van der Waals surface area contributed by atoms with Crippen LogP contribution in [0.5, 0.6) is 0 Å². The number of hydrogen-bond acceptors (Lipinski definition) is 8. The van der Waals surface area contributed by atoms with Crippen LogP contribution in [0.3, 0.4) is 0 Å². The van der Waals surface area contributed by atoms with E-state index in [1.807, 2.05) is 42.0 Å². The van der Waals surface area contributed by atoms with Gasteiger partial charge in [-0.2, -0.15) is 23.7 Å². The number of imidazole rings is 2. The molecule has 7 rings (SSSR count). The Kier molecular flexibility index (Phi) is 8.56. The first-order valence-electron chi connectivity index (χ1n) is 16.4. The van der Waals surface area contributed by atoms with Gasteiger partial charge >= 0.3 is 6.18 Å². The summed E-state index contributed by atoms with van der Waals surface area (Å²) in [6, 6.07) is 22.0. The van der Waals surface area contributed by atoms with Gasteiger partial charge in [0.2, 0.25) is 11.9 Å². The number of fused-ring (bicyclic) bond motifs is 4. The van der Waals surface area contributed by atoms with E-state index in [1.165, 1.54) is 11.1 Å². The van der Waals surface area contributed by atoms with Crippen molar-refractivity contribution in [1.82, 2.24) is 19.1 Å². The molecule has 13 heteroatoms. The maximum Gasteiger partial charge on any atom is 0.416 e. The van der Waals surface area contributed by atoms with Crippen molar-refractivity contribution < 1.29 is 13.2 Å². The van der Waals surface area contributed by atoms with E-state index < -0.39 is 22.8 Å². The summed E-state index contributed by atoms with van der Waals surface area (Å²) < 4.78 is 44.5. The highest BCUT2D eigenvalue weighted by Gasteiger charge is 2.46. The van der Waals surface area contributed by atoms with Crippen LogP contribution in [0.2, 0.25) is 0 Å². The molecule has 0 saturated carbocycles. The highest BCUT2D eigenvalue weighted by molar-refractivity contribution is 5.81. The maximum absolute atomic E-state index is 13.6. The van der Waals surface area contributed by atoms with Crippen LogP contribution in [0, 0.1) is 43.4 Å². The minimum Gasteiger partial charge on any atom is -0.384 e. The fraction of sp³-hybridized carbons (Fsp3) is 0.263. The Morgan fingerprint density at radius 2 is 1.33 bits per heavy atom. The standard InChI is InChI=1S/C21H18F3N5.C17H19N5/c1-3-20(13-8-12(2)9-14(10-13)21(22,23)24)15(11-25)18(26)28-19-27-16-6-4-5-7-17(16)29(19)20;1-4-17(13-8-11(2)7-12(3)9-13)14(10-18)15(19)21-16-20-5-6-22(16)17/h4-10H,3,26H2,1-2H3,(H,27,28);5-9H,4,19H2,1-3H3,(H,20,21). The minimum atomic E-state index is -4.51. The molecular formula is C38H37F3N10. The molecule has 2 unspecified atom stereocenters. The van der Waals surface area contributed by atoms with Gasteiger partial charge in [-0.1, -0.05) is 66.9 Å². The van der Waals surface area contributed by atoms with Crippen molar-refractivity contribution in [3.63, 3.8) is 0 Å². The second-order valence-corrected chi connectivity index (χ2v) is 12.8. The number of rotatable bonds is 4. The van der Waals surface area contributed by atoms with Crippen molar-refractivity contribution in [2.24, 2.45) is 11.5 Å². The van der Waals surface area contributed by atoms with Crippen LogP contribution in [0.25, 0.3) is 11.0 Å². The van der Waals surface area contributed by atoms with Gasteiger partial charge in [-0.05, 0) is 69.0 Å². The quantitative estimate of drug-likeness (QED) is 0.152. The number of halogens is 3. The van der Waals surface area contributed by atoms with Gasteiger partial charge in [0.05, 0.1) is 16.6 Å². The number of aromatic nitrogens is 4. The summed E-state index contributed by atoms with van der Waals surface area (Å²) in [4.78, 5) is 8.86. The smallest absolute Gasteiger partial charge is 0.384 e.